The molecule has 1 N–H and O–H groups in total. The van der Waals surface area contributed by atoms with Crippen molar-refractivity contribution in [2.45, 2.75) is 64.1 Å². The quantitative estimate of drug-likeness (QED) is 0.493. The number of hydrogen-bond acceptors (Lipinski definition) is 3. The molecule has 0 aromatic heterocycles. The highest BCUT2D eigenvalue weighted by Gasteiger charge is 2.28. The van der Waals surface area contributed by atoms with E-state index in [0.29, 0.717) is 30.2 Å². The normalized spacial score (nSPS) is 11.9. The van der Waals surface area contributed by atoms with Crippen molar-refractivity contribution in [3.8, 4) is 0 Å². The molecule has 30 heavy (non-hydrogen) atoms. The Hall–Kier alpha value is -1.98. The van der Waals surface area contributed by atoms with Crippen LogP contribution >= 0.6 is 23.4 Å². The van der Waals surface area contributed by atoms with Crippen LogP contribution in [0.15, 0.2) is 53.4 Å². The number of aryl methyl sites for hydroxylation is 1. The zero-order valence-electron chi connectivity index (χ0n) is 18.2. The summed E-state index contributed by atoms with van der Waals surface area (Å²) in [6.45, 7) is 8.28. The lowest BCUT2D eigenvalue weighted by Crippen LogP contribution is -2.50. The van der Waals surface area contributed by atoms with E-state index in [4.69, 9.17) is 11.6 Å². The number of carbonyl (C=O) groups is 2. The second-order valence-corrected chi connectivity index (χ2v) is 9.19. The van der Waals surface area contributed by atoms with Crippen molar-refractivity contribution in [2.24, 2.45) is 0 Å². The third kappa shape index (κ3) is 7.37. The Morgan fingerprint density at radius 3 is 2.37 bits per heavy atom. The predicted molar refractivity (Wildman–Crippen MR) is 126 cm³/mol. The lowest BCUT2D eigenvalue weighted by molar-refractivity contribution is -0.141. The summed E-state index contributed by atoms with van der Waals surface area (Å²) in [5.41, 5.74) is 2.18. The number of halogens is 1. The fourth-order valence-corrected chi connectivity index (χ4v) is 4.17. The van der Waals surface area contributed by atoms with Crippen molar-refractivity contribution >= 4 is 35.2 Å². The van der Waals surface area contributed by atoms with Gasteiger partial charge in [-0.3, -0.25) is 9.59 Å². The molecular formula is C24H31ClN2O2S. The lowest BCUT2D eigenvalue weighted by atomic mass is 10.1. The van der Waals surface area contributed by atoms with E-state index >= 15 is 0 Å². The summed E-state index contributed by atoms with van der Waals surface area (Å²) in [6.07, 6.45) is 0.936. The lowest BCUT2D eigenvalue weighted by Gasteiger charge is -2.31. The van der Waals surface area contributed by atoms with Crippen LogP contribution in [0.25, 0.3) is 0 Å². The van der Waals surface area contributed by atoms with E-state index in [1.54, 1.807) is 16.7 Å². The van der Waals surface area contributed by atoms with E-state index in [-0.39, 0.29) is 17.9 Å². The highest BCUT2D eigenvalue weighted by atomic mass is 35.5. The minimum atomic E-state index is -0.486. The summed E-state index contributed by atoms with van der Waals surface area (Å²) >= 11 is 7.55. The maximum atomic E-state index is 13.2. The fraction of sp³-hybridized carbons (Fsp3) is 0.417. The van der Waals surface area contributed by atoms with Crippen LogP contribution in [0.4, 0.5) is 0 Å². The molecule has 162 valence electrons. The van der Waals surface area contributed by atoms with Gasteiger partial charge in [0.05, 0.1) is 0 Å². The molecule has 0 unspecified atom stereocenters. The highest BCUT2D eigenvalue weighted by molar-refractivity contribution is 7.99. The van der Waals surface area contributed by atoms with Gasteiger partial charge in [-0.15, -0.1) is 11.8 Å². The third-order valence-corrected chi connectivity index (χ3v) is 6.08. The number of benzene rings is 2. The Balaban J connectivity index is 2.13. The molecule has 2 aromatic carbocycles. The van der Waals surface area contributed by atoms with Gasteiger partial charge in [0.25, 0.3) is 0 Å². The first-order chi connectivity index (χ1) is 14.3. The summed E-state index contributed by atoms with van der Waals surface area (Å²) in [5, 5.41) is 3.66. The van der Waals surface area contributed by atoms with Crippen molar-refractivity contribution in [3.05, 3.63) is 64.7 Å². The average molecular weight is 447 g/mol. The molecule has 0 aliphatic rings. The molecule has 0 spiro atoms. The molecule has 0 saturated carbocycles. The second-order valence-electron chi connectivity index (χ2n) is 7.59. The van der Waals surface area contributed by atoms with Gasteiger partial charge in [0, 0.05) is 34.7 Å². The van der Waals surface area contributed by atoms with E-state index in [0.717, 1.165) is 16.0 Å². The van der Waals surface area contributed by atoms with Gasteiger partial charge in [-0.25, -0.2) is 0 Å². The van der Waals surface area contributed by atoms with E-state index in [9.17, 15) is 9.59 Å². The Labute approximate surface area is 189 Å². The van der Waals surface area contributed by atoms with Gasteiger partial charge >= 0.3 is 0 Å². The van der Waals surface area contributed by atoms with Crippen LogP contribution in [-0.2, 0) is 16.1 Å². The van der Waals surface area contributed by atoms with Crippen LogP contribution in [-0.4, -0.2) is 34.6 Å². The van der Waals surface area contributed by atoms with Crippen LogP contribution < -0.4 is 5.32 Å². The zero-order valence-corrected chi connectivity index (χ0v) is 19.7. The Kier molecular flexibility index (Phi) is 9.73. The van der Waals surface area contributed by atoms with Crippen LogP contribution in [0.1, 0.15) is 44.7 Å². The summed E-state index contributed by atoms with van der Waals surface area (Å²) in [5.74, 6) is 0.540. The molecular weight excluding hydrogens is 416 g/mol. The van der Waals surface area contributed by atoms with Gasteiger partial charge in [0.2, 0.25) is 11.8 Å². The first-order valence-electron chi connectivity index (χ1n) is 10.3. The predicted octanol–water partition coefficient (Wildman–Crippen LogP) is 5.46. The minimum Gasteiger partial charge on any atom is -0.352 e. The maximum Gasteiger partial charge on any atom is 0.243 e. The van der Waals surface area contributed by atoms with Gasteiger partial charge in [-0.2, -0.15) is 0 Å². The van der Waals surface area contributed by atoms with Gasteiger partial charge in [-0.05, 0) is 62.6 Å². The molecule has 0 saturated heterocycles. The number of amides is 2. The molecule has 0 aliphatic heterocycles. The number of nitrogens with zero attached hydrogens (tertiary/aromatic N) is 1. The molecule has 2 amide bonds. The number of rotatable bonds is 10. The number of hydrogen-bond donors (Lipinski definition) is 1. The second kappa shape index (κ2) is 12.0. The minimum absolute atomic E-state index is 0.00882. The number of nitrogens with one attached hydrogen (secondary N) is 1. The van der Waals surface area contributed by atoms with Crippen LogP contribution in [0.2, 0.25) is 5.02 Å². The Morgan fingerprint density at radius 1 is 1.10 bits per heavy atom. The number of thioether (sulfide) groups is 1. The SMILES string of the molecule is CC[C@H](C(=O)NC(C)C)N(Cc1ccccc1C)C(=O)CCSc1ccc(Cl)cc1. The smallest absolute Gasteiger partial charge is 0.243 e. The summed E-state index contributed by atoms with van der Waals surface area (Å²) in [4.78, 5) is 28.8. The van der Waals surface area contributed by atoms with Crippen LogP contribution in [0.5, 0.6) is 0 Å². The van der Waals surface area contributed by atoms with Crippen molar-refractivity contribution in [1.82, 2.24) is 10.2 Å². The molecule has 2 aromatic rings. The molecule has 4 nitrogen and oxygen atoms in total. The molecule has 2 rings (SSSR count). The largest absolute Gasteiger partial charge is 0.352 e. The Morgan fingerprint density at radius 2 is 1.77 bits per heavy atom. The molecule has 0 fully saturated rings. The van der Waals surface area contributed by atoms with Crippen molar-refractivity contribution in [1.29, 1.82) is 0 Å². The summed E-state index contributed by atoms with van der Waals surface area (Å²) in [7, 11) is 0. The van der Waals surface area contributed by atoms with E-state index < -0.39 is 6.04 Å². The van der Waals surface area contributed by atoms with Gasteiger partial charge < -0.3 is 10.2 Å². The fourth-order valence-electron chi connectivity index (χ4n) is 3.20. The highest BCUT2D eigenvalue weighted by Crippen LogP contribution is 2.22. The van der Waals surface area contributed by atoms with Crippen molar-refractivity contribution < 1.29 is 9.59 Å². The molecule has 0 aliphatic carbocycles. The average Bonchev–Trinajstić information content (AvgIpc) is 2.70. The first-order valence-corrected chi connectivity index (χ1v) is 11.7. The standard InChI is InChI=1S/C24H31ClN2O2S/c1-5-22(24(29)26-17(2)3)27(16-19-9-7-6-8-18(19)4)23(28)14-15-30-21-12-10-20(25)11-13-21/h6-13,17,22H,5,14-16H2,1-4H3,(H,26,29)/t22-/m1/s1. The maximum absolute atomic E-state index is 13.2. The van der Waals surface area contributed by atoms with Gasteiger partial charge in [0.1, 0.15) is 6.04 Å². The summed E-state index contributed by atoms with van der Waals surface area (Å²) < 4.78 is 0. The van der Waals surface area contributed by atoms with Gasteiger partial charge in [-0.1, -0.05) is 42.8 Å². The topological polar surface area (TPSA) is 49.4 Å². The van der Waals surface area contributed by atoms with Crippen molar-refractivity contribution in [3.63, 3.8) is 0 Å². The van der Waals surface area contributed by atoms with Crippen LogP contribution in [0, 0.1) is 6.92 Å². The Bertz CT molecular complexity index is 839. The molecule has 6 heteroatoms. The molecule has 0 radical (unpaired) electrons. The van der Waals surface area contributed by atoms with E-state index in [1.807, 2.05) is 76.2 Å². The monoisotopic (exact) mass is 446 g/mol. The van der Waals surface area contributed by atoms with Crippen LogP contribution in [0.3, 0.4) is 0 Å². The summed E-state index contributed by atoms with van der Waals surface area (Å²) in [6, 6.07) is 15.1. The van der Waals surface area contributed by atoms with E-state index in [1.165, 1.54) is 0 Å². The van der Waals surface area contributed by atoms with E-state index in [2.05, 4.69) is 5.32 Å². The van der Waals surface area contributed by atoms with Crippen molar-refractivity contribution in [2.75, 3.05) is 5.75 Å². The zero-order chi connectivity index (χ0) is 22.1. The molecule has 0 bridgehead atoms. The number of carbonyl (C=O) groups excluding carboxylic acids is 2. The third-order valence-electron chi connectivity index (χ3n) is 4.82. The molecule has 1 atom stereocenters. The molecule has 0 heterocycles. The first kappa shape index (κ1) is 24.3. The van der Waals surface area contributed by atoms with Gasteiger partial charge in [0.15, 0.2) is 0 Å².